The van der Waals surface area contributed by atoms with Gasteiger partial charge in [-0.3, -0.25) is 9.69 Å². The fourth-order valence-corrected chi connectivity index (χ4v) is 1.50. The summed E-state index contributed by atoms with van der Waals surface area (Å²) in [7, 11) is 1.58. The molecule has 1 aromatic rings. The number of hydrogen-bond donors (Lipinski definition) is 0. The van der Waals surface area contributed by atoms with Crippen molar-refractivity contribution in [3.05, 3.63) is 42.0 Å². The Bertz CT molecular complexity index is 497. The molecule has 0 spiro atoms. The maximum Gasteiger partial charge on any atom is 0.327 e. The lowest BCUT2D eigenvalue weighted by Crippen LogP contribution is -2.44. The van der Waals surface area contributed by atoms with E-state index in [9.17, 15) is 14.4 Å². The second kappa shape index (κ2) is 7.89. The summed E-state index contributed by atoms with van der Waals surface area (Å²) in [6, 6.07) is 8.77. The molecule has 0 saturated carbocycles. The Balaban J connectivity index is 2.81. The fraction of sp³-hybridized carbons (Fsp3) is 0.267. The van der Waals surface area contributed by atoms with E-state index in [1.807, 2.05) is 30.3 Å². The molecule has 1 rings (SSSR count). The van der Waals surface area contributed by atoms with Crippen molar-refractivity contribution >= 4 is 24.3 Å². The quantitative estimate of drug-likeness (QED) is 0.607. The molecule has 0 fully saturated rings. The molecule has 0 atom stereocenters. The van der Waals surface area contributed by atoms with Gasteiger partial charge in [-0.15, -0.1) is 0 Å². The molecule has 0 bridgehead atoms. The predicted octanol–water partition coefficient (Wildman–Crippen LogP) is 1.80. The first-order valence-corrected chi connectivity index (χ1v) is 6.33. The van der Waals surface area contributed by atoms with Crippen LogP contribution in [0.3, 0.4) is 0 Å². The van der Waals surface area contributed by atoms with Crippen LogP contribution in [0.1, 0.15) is 12.5 Å². The van der Waals surface area contributed by atoms with Crippen LogP contribution < -0.4 is 0 Å². The minimum absolute atomic E-state index is 0.249. The van der Waals surface area contributed by atoms with Gasteiger partial charge in [-0.25, -0.2) is 4.79 Å². The van der Waals surface area contributed by atoms with Crippen LogP contribution in [-0.4, -0.2) is 48.2 Å². The summed E-state index contributed by atoms with van der Waals surface area (Å²) in [5.41, 5.74) is 0.850. The third kappa shape index (κ3) is 4.35. The highest BCUT2D eigenvalue weighted by atomic mass is 16.2. The highest BCUT2D eigenvalue weighted by molar-refractivity contribution is 6.03. The van der Waals surface area contributed by atoms with Crippen molar-refractivity contribution in [2.75, 3.05) is 20.1 Å². The lowest BCUT2D eigenvalue weighted by molar-refractivity contribution is -0.126. The summed E-state index contributed by atoms with van der Waals surface area (Å²) >= 11 is 0. The Hall–Kier alpha value is -2.43. The van der Waals surface area contributed by atoms with Crippen LogP contribution in [0.25, 0.3) is 6.08 Å². The number of benzene rings is 1. The van der Waals surface area contributed by atoms with Gasteiger partial charge >= 0.3 is 6.03 Å². The number of carbonyl (C=O) groups excluding carboxylic acids is 3. The first kappa shape index (κ1) is 15.6. The molecule has 0 aliphatic carbocycles. The number of amides is 3. The van der Waals surface area contributed by atoms with Gasteiger partial charge in [0.1, 0.15) is 6.29 Å². The Morgan fingerprint density at radius 3 is 2.40 bits per heavy atom. The van der Waals surface area contributed by atoms with E-state index in [2.05, 4.69) is 0 Å². The molecule has 106 valence electrons. The van der Waals surface area contributed by atoms with E-state index in [0.717, 1.165) is 10.5 Å². The van der Waals surface area contributed by atoms with Crippen LogP contribution in [0.4, 0.5) is 4.79 Å². The molecule has 0 aromatic heterocycles. The normalized spacial score (nSPS) is 10.3. The van der Waals surface area contributed by atoms with Gasteiger partial charge in [0, 0.05) is 19.7 Å². The highest BCUT2D eigenvalue weighted by Gasteiger charge is 2.21. The van der Waals surface area contributed by atoms with E-state index in [0.29, 0.717) is 12.8 Å². The Morgan fingerprint density at radius 2 is 1.85 bits per heavy atom. The number of imide groups is 1. The molecular weight excluding hydrogens is 256 g/mol. The van der Waals surface area contributed by atoms with E-state index >= 15 is 0 Å². The van der Waals surface area contributed by atoms with Crippen molar-refractivity contribution in [3.8, 4) is 0 Å². The summed E-state index contributed by atoms with van der Waals surface area (Å²) in [6.07, 6.45) is 3.44. The first-order chi connectivity index (χ1) is 9.60. The van der Waals surface area contributed by atoms with Crippen LogP contribution in [0.2, 0.25) is 0 Å². The molecule has 5 nitrogen and oxygen atoms in total. The molecule has 0 aliphatic rings. The van der Waals surface area contributed by atoms with Gasteiger partial charge in [-0.1, -0.05) is 30.3 Å². The standard InChI is InChI=1S/C15H18N2O3/c1-3-16(2)15(20)17(11-12-18)14(19)10-9-13-7-5-4-6-8-13/h4-10,12H,3,11H2,1-2H3/b10-9+. The van der Waals surface area contributed by atoms with Gasteiger partial charge in [0.15, 0.2) is 0 Å². The summed E-state index contributed by atoms with van der Waals surface area (Å²) in [6.45, 7) is 2.01. The summed E-state index contributed by atoms with van der Waals surface area (Å²) in [5.74, 6) is -0.508. The molecule has 5 heteroatoms. The van der Waals surface area contributed by atoms with Gasteiger partial charge in [0.25, 0.3) is 5.91 Å². The largest absolute Gasteiger partial charge is 0.328 e. The Morgan fingerprint density at radius 1 is 1.20 bits per heavy atom. The SMILES string of the molecule is CCN(C)C(=O)N(CC=O)C(=O)/C=C/c1ccccc1. The molecule has 0 radical (unpaired) electrons. The van der Waals surface area contributed by atoms with Crippen molar-refractivity contribution in [2.45, 2.75) is 6.92 Å². The first-order valence-electron chi connectivity index (χ1n) is 6.33. The van der Waals surface area contributed by atoms with Crippen molar-refractivity contribution in [1.29, 1.82) is 0 Å². The lowest BCUT2D eigenvalue weighted by Gasteiger charge is -2.23. The lowest BCUT2D eigenvalue weighted by atomic mass is 10.2. The Kier molecular flexibility index (Phi) is 6.16. The fourth-order valence-electron chi connectivity index (χ4n) is 1.50. The molecule has 3 amide bonds. The minimum atomic E-state index is -0.508. The molecule has 0 heterocycles. The number of hydrogen-bond acceptors (Lipinski definition) is 3. The van der Waals surface area contributed by atoms with Gasteiger partial charge < -0.3 is 9.69 Å². The van der Waals surface area contributed by atoms with E-state index < -0.39 is 11.9 Å². The molecule has 0 N–H and O–H groups in total. The zero-order valence-corrected chi connectivity index (χ0v) is 11.7. The van der Waals surface area contributed by atoms with Crippen LogP contribution in [-0.2, 0) is 9.59 Å². The van der Waals surface area contributed by atoms with Crippen LogP contribution >= 0.6 is 0 Å². The van der Waals surface area contributed by atoms with Crippen molar-refractivity contribution < 1.29 is 14.4 Å². The van der Waals surface area contributed by atoms with Gasteiger partial charge in [0.05, 0.1) is 6.54 Å². The highest BCUT2D eigenvalue weighted by Crippen LogP contribution is 2.03. The third-order valence-corrected chi connectivity index (χ3v) is 2.77. The number of urea groups is 1. The van der Waals surface area contributed by atoms with Gasteiger partial charge in [0.2, 0.25) is 0 Å². The van der Waals surface area contributed by atoms with Crippen LogP contribution in [0.15, 0.2) is 36.4 Å². The number of carbonyl (C=O) groups is 3. The zero-order valence-electron chi connectivity index (χ0n) is 11.7. The molecular formula is C15H18N2O3. The monoisotopic (exact) mass is 274 g/mol. The molecule has 0 saturated heterocycles. The smallest absolute Gasteiger partial charge is 0.327 e. The van der Waals surface area contributed by atoms with Crippen molar-refractivity contribution in [1.82, 2.24) is 9.80 Å². The number of nitrogens with zero attached hydrogens (tertiary/aromatic N) is 2. The Labute approximate surface area is 118 Å². The van der Waals surface area contributed by atoms with Crippen molar-refractivity contribution in [2.24, 2.45) is 0 Å². The molecule has 20 heavy (non-hydrogen) atoms. The molecule has 1 aromatic carbocycles. The summed E-state index contributed by atoms with van der Waals surface area (Å²) < 4.78 is 0. The van der Waals surface area contributed by atoms with E-state index in [4.69, 9.17) is 0 Å². The van der Waals surface area contributed by atoms with Gasteiger partial charge in [-0.2, -0.15) is 0 Å². The summed E-state index contributed by atoms with van der Waals surface area (Å²) in [4.78, 5) is 36.9. The second-order valence-electron chi connectivity index (χ2n) is 4.16. The molecule has 0 unspecified atom stereocenters. The van der Waals surface area contributed by atoms with E-state index in [-0.39, 0.29) is 6.54 Å². The number of aldehydes is 1. The topological polar surface area (TPSA) is 57.7 Å². The summed E-state index contributed by atoms with van der Waals surface area (Å²) in [5, 5.41) is 0. The van der Waals surface area contributed by atoms with Crippen LogP contribution in [0, 0.1) is 0 Å². The average Bonchev–Trinajstić information content (AvgIpc) is 2.49. The van der Waals surface area contributed by atoms with Gasteiger partial charge in [-0.05, 0) is 18.6 Å². The zero-order chi connectivity index (χ0) is 15.0. The minimum Gasteiger partial charge on any atom is -0.328 e. The van der Waals surface area contributed by atoms with E-state index in [1.165, 1.54) is 11.0 Å². The third-order valence-electron chi connectivity index (χ3n) is 2.77. The maximum atomic E-state index is 12.0. The maximum absolute atomic E-state index is 12.0. The van der Waals surface area contributed by atoms with Crippen LogP contribution in [0.5, 0.6) is 0 Å². The predicted molar refractivity (Wildman–Crippen MR) is 77.0 cm³/mol. The second-order valence-corrected chi connectivity index (χ2v) is 4.16. The number of rotatable bonds is 5. The molecule has 0 aliphatic heterocycles. The average molecular weight is 274 g/mol. The van der Waals surface area contributed by atoms with Crippen molar-refractivity contribution in [3.63, 3.8) is 0 Å². The van der Waals surface area contributed by atoms with E-state index in [1.54, 1.807) is 20.0 Å².